The van der Waals surface area contributed by atoms with Crippen LogP contribution in [0.3, 0.4) is 0 Å². The summed E-state index contributed by atoms with van der Waals surface area (Å²) >= 11 is 0. The van der Waals surface area contributed by atoms with Gasteiger partial charge in [0.2, 0.25) is 0 Å². The summed E-state index contributed by atoms with van der Waals surface area (Å²) in [5.41, 5.74) is 2.89. The molecule has 1 aliphatic carbocycles. The number of hydrogen-bond donors (Lipinski definition) is 0. The van der Waals surface area contributed by atoms with E-state index in [-0.39, 0.29) is 24.0 Å². The highest BCUT2D eigenvalue weighted by atomic mass is 16.6. The zero-order valence-electron chi connectivity index (χ0n) is 28.2. The summed E-state index contributed by atoms with van der Waals surface area (Å²) in [4.78, 5) is 32.2. The first kappa shape index (κ1) is 31.5. The van der Waals surface area contributed by atoms with E-state index >= 15 is 0 Å². The van der Waals surface area contributed by atoms with Crippen LogP contribution in [0.5, 0.6) is 6.01 Å². The zero-order valence-corrected chi connectivity index (χ0v) is 28.2. The van der Waals surface area contributed by atoms with E-state index in [0.29, 0.717) is 44.8 Å². The average Bonchev–Trinajstić information content (AvgIpc) is 3.72. The summed E-state index contributed by atoms with van der Waals surface area (Å²) in [6, 6.07) is 18.0. The molecule has 1 amide bonds. The molecule has 0 radical (unpaired) electrons. The Morgan fingerprint density at radius 3 is 2.60 bits per heavy atom. The second-order valence-corrected chi connectivity index (χ2v) is 14.9. The van der Waals surface area contributed by atoms with Gasteiger partial charge in [0, 0.05) is 54.3 Å². The summed E-state index contributed by atoms with van der Waals surface area (Å²) in [5, 5.41) is 12.2. The number of carbonyl (C=O) groups excluding carboxylic acids is 1. The van der Waals surface area contributed by atoms with E-state index < -0.39 is 5.60 Å². The number of benzene rings is 2. The molecule has 2 saturated heterocycles. The van der Waals surface area contributed by atoms with Crippen LogP contribution in [-0.4, -0.2) is 89.9 Å². The van der Waals surface area contributed by atoms with Crippen LogP contribution in [0.2, 0.25) is 0 Å². The number of hydrogen-bond acceptors (Lipinski definition) is 9. The van der Waals surface area contributed by atoms with Crippen LogP contribution in [0.4, 0.5) is 16.3 Å². The van der Waals surface area contributed by atoms with Crippen LogP contribution in [-0.2, 0) is 17.7 Å². The Morgan fingerprint density at radius 1 is 1.04 bits per heavy atom. The summed E-state index contributed by atoms with van der Waals surface area (Å²) in [6.07, 6.45) is 5.46. The number of carbonyl (C=O) groups is 1. The molecule has 0 bridgehead atoms. The summed E-state index contributed by atoms with van der Waals surface area (Å²) < 4.78 is 12.3. The molecule has 3 aromatic rings. The van der Waals surface area contributed by atoms with Crippen molar-refractivity contribution in [1.82, 2.24) is 19.8 Å². The number of nitriles is 1. The van der Waals surface area contributed by atoms with E-state index in [4.69, 9.17) is 19.4 Å². The van der Waals surface area contributed by atoms with E-state index in [1.807, 2.05) is 20.8 Å². The SMILES string of the molecule is CN1CCC[C@H]1C1(COc2nc3c(c(N4CCN(C(=O)OC(C)(C)C)[C@@H](CC#N)C4)n2)CCN(c2cccc4ccccc24)C3)CC1. The predicted octanol–water partition coefficient (Wildman–Crippen LogP) is 5.79. The molecule has 0 unspecified atom stereocenters. The third kappa shape index (κ3) is 6.42. The average molecular weight is 638 g/mol. The minimum Gasteiger partial charge on any atom is -0.463 e. The van der Waals surface area contributed by atoms with Crippen molar-refractivity contribution in [2.75, 3.05) is 56.2 Å². The smallest absolute Gasteiger partial charge is 0.410 e. The Balaban J connectivity index is 1.19. The number of amides is 1. The third-order valence-corrected chi connectivity index (χ3v) is 10.5. The molecule has 248 valence electrons. The molecule has 1 saturated carbocycles. The first-order chi connectivity index (χ1) is 22.6. The Hall–Kier alpha value is -4.10. The van der Waals surface area contributed by atoms with Gasteiger partial charge in [-0.05, 0) is 77.9 Å². The van der Waals surface area contributed by atoms with Gasteiger partial charge in [0.05, 0.1) is 37.4 Å². The van der Waals surface area contributed by atoms with Gasteiger partial charge >= 0.3 is 12.1 Å². The Morgan fingerprint density at radius 2 is 1.85 bits per heavy atom. The Labute approximate surface area is 278 Å². The number of piperazine rings is 1. The van der Waals surface area contributed by atoms with Gasteiger partial charge in [-0.3, -0.25) is 0 Å². The number of ether oxygens (including phenoxy) is 2. The zero-order chi connectivity index (χ0) is 32.8. The molecule has 3 fully saturated rings. The van der Waals surface area contributed by atoms with E-state index in [0.717, 1.165) is 36.6 Å². The van der Waals surface area contributed by atoms with E-state index in [9.17, 15) is 10.1 Å². The van der Waals surface area contributed by atoms with Crippen LogP contribution in [0, 0.1) is 16.7 Å². The highest BCUT2D eigenvalue weighted by molar-refractivity contribution is 5.94. The monoisotopic (exact) mass is 637 g/mol. The Kier molecular flexibility index (Phi) is 8.37. The lowest BCUT2D eigenvalue weighted by Crippen LogP contribution is -2.56. The normalized spacial score (nSPS) is 22.6. The van der Waals surface area contributed by atoms with Gasteiger partial charge in [-0.15, -0.1) is 0 Å². The molecule has 7 rings (SSSR count). The highest BCUT2D eigenvalue weighted by Gasteiger charge is 2.52. The van der Waals surface area contributed by atoms with Crippen LogP contribution in [0.1, 0.15) is 64.1 Å². The molecular weight excluding hydrogens is 590 g/mol. The van der Waals surface area contributed by atoms with Gasteiger partial charge in [0.25, 0.3) is 0 Å². The molecule has 4 aliphatic rings. The summed E-state index contributed by atoms with van der Waals surface area (Å²) in [7, 11) is 2.24. The lowest BCUT2D eigenvalue weighted by Gasteiger charge is -2.42. The fourth-order valence-electron chi connectivity index (χ4n) is 7.92. The van der Waals surface area contributed by atoms with Crippen LogP contribution >= 0.6 is 0 Å². The maximum atomic E-state index is 13.1. The molecule has 47 heavy (non-hydrogen) atoms. The molecule has 10 nitrogen and oxygen atoms in total. The second kappa shape index (κ2) is 12.5. The fraction of sp³-hybridized carbons (Fsp3) is 0.568. The van der Waals surface area contributed by atoms with Crippen molar-refractivity contribution in [3.8, 4) is 12.1 Å². The first-order valence-corrected chi connectivity index (χ1v) is 17.2. The predicted molar refractivity (Wildman–Crippen MR) is 183 cm³/mol. The molecular formula is C37H47N7O3. The van der Waals surface area contributed by atoms with Crippen LogP contribution in [0.25, 0.3) is 10.8 Å². The topological polar surface area (TPSA) is 98.1 Å². The quantitative estimate of drug-likeness (QED) is 0.319. The van der Waals surface area contributed by atoms with E-state index in [1.165, 1.54) is 42.1 Å². The van der Waals surface area contributed by atoms with Crippen molar-refractivity contribution >= 4 is 28.4 Å². The lowest BCUT2D eigenvalue weighted by atomic mass is 9.95. The number of aromatic nitrogens is 2. The molecule has 2 aromatic carbocycles. The minimum absolute atomic E-state index is 0.177. The molecule has 0 N–H and O–H groups in total. The standard InChI is InChI=1S/C37H47N7O3/c1-36(2,3)47-35(45)44-22-21-43(23-27(44)14-18-38)33-29-15-20-42(31-12-7-10-26-9-5-6-11-28(26)31)24-30(29)39-34(40-33)46-25-37(16-17-37)32-13-8-19-41(32)4/h5-7,9-12,27,32H,8,13-17,19-25H2,1-4H3/t27-,32-/m0/s1. The number of rotatable bonds is 7. The number of anilines is 2. The summed E-state index contributed by atoms with van der Waals surface area (Å²) in [5.74, 6) is 0.872. The van der Waals surface area contributed by atoms with Crippen molar-refractivity contribution in [1.29, 1.82) is 5.26 Å². The first-order valence-electron chi connectivity index (χ1n) is 17.2. The van der Waals surface area contributed by atoms with Crippen molar-refractivity contribution in [3.63, 3.8) is 0 Å². The van der Waals surface area contributed by atoms with Gasteiger partial charge in [-0.1, -0.05) is 36.4 Å². The largest absolute Gasteiger partial charge is 0.463 e. The molecule has 10 heteroatoms. The van der Waals surface area contributed by atoms with Crippen LogP contribution < -0.4 is 14.5 Å². The molecule has 4 heterocycles. The number of nitrogens with zero attached hydrogens (tertiary/aromatic N) is 7. The summed E-state index contributed by atoms with van der Waals surface area (Å²) in [6.45, 7) is 10.4. The number of fused-ring (bicyclic) bond motifs is 2. The van der Waals surface area contributed by atoms with Crippen LogP contribution in [0.15, 0.2) is 42.5 Å². The molecule has 1 aromatic heterocycles. The molecule has 2 atom stereocenters. The van der Waals surface area contributed by atoms with Crippen molar-refractivity contribution in [3.05, 3.63) is 53.7 Å². The maximum absolute atomic E-state index is 13.1. The fourth-order valence-corrected chi connectivity index (χ4v) is 7.92. The Bertz CT molecular complexity index is 1670. The molecule has 0 spiro atoms. The van der Waals surface area contributed by atoms with Crippen molar-refractivity contribution in [2.45, 2.75) is 83.5 Å². The van der Waals surface area contributed by atoms with Gasteiger partial charge in [0.15, 0.2) is 0 Å². The molecule has 3 aliphatic heterocycles. The van der Waals surface area contributed by atoms with Gasteiger partial charge in [0.1, 0.15) is 11.4 Å². The lowest BCUT2D eigenvalue weighted by molar-refractivity contribution is 0.0144. The highest BCUT2D eigenvalue weighted by Crippen LogP contribution is 2.53. The number of likely N-dealkylation sites (tertiary alicyclic amines) is 1. The van der Waals surface area contributed by atoms with Gasteiger partial charge < -0.3 is 29.1 Å². The third-order valence-electron chi connectivity index (χ3n) is 10.5. The minimum atomic E-state index is -0.606. The van der Waals surface area contributed by atoms with Crippen molar-refractivity contribution < 1.29 is 14.3 Å². The maximum Gasteiger partial charge on any atom is 0.410 e. The van der Waals surface area contributed by atoms with E-state index in [1.54, 1.807) is 4.90 Å². The van der Waals surface area contributed by atoms with E-state index in [2.05, 4.69) is 70.3 Å². The van der Waals surface area contributed by atoms with Gasteiger partial charge in [-0.2, -0.15) is 15.2 Å². The van der Waals surface area contributed by atoms with Gasteiger partial charge in [-0.25, -0.2) is 4.79 Å². The van der Waals surface area contributed by atoms with Crippen molar-refractivity contribution in [2.24, 2.45) is 5.41 Å². The second-order valence-electron chi connectivity index (χ2n) is 14.9.